The molecule has 0 aliphatic rings. The van der Waals surface area contributed by atoms with Gasteiger partial charge in [-0.2, -0.15) is 5.10 Å². The van der Waals surface area contributed by atoms with Crippen molar-refractivity contribution in [3.8, 4) is 16.9 Å². The molecule has 1 aromatic heterocycles. The number of carboxylic acids is 1. The Kier molecular flexibility index (Phi) is 5.91. The second kappa shape index (κ2) is 8.25. The SMILES string of the molecule is CC(C)(C)NCc1c(C(=O)O)nn(-c2ccc(Cl)cc2)c1-c1ccc([N+](=O)[O-])cc1. The molecule has 0 saturated heterocycles. The Morgan fingerprint density at radius 2 is 1.77 bits per heavy atom. The van der Waals surface area contributed by atoms with E-state index in [0.29, 0.717) is 27.5 Å². The van der Waals surface area contributed by atoms with Gasteiger partial charge in [0.25, 0.3) is 5.69 Å². The van der Waals surface area contributed by atoms with Crippen molar-refractivity contribution < 1.29 is 14.8 Å². The minimum Gasteiger partial charge on any atom is -0.476 e. The highest BCUT2D eigenvalue weighted by molar-refractivity contribution is 6.30. The molecule has 3 aromatic rings. The lowest BCUT2D eigenvalue weighted by molar-refractivity contribution is -0.384. The number of hydrogen-bond donors (Lipinski definition) is 2. The van der Waals surface area contributed by atoms with Crippen molar-refractivity contribution in [2.24, 2.45) is 0 Å². The molecular weight excluding hydrogens is 408 g/mol. The number of carbonyl (C=O) groups is 1. The van der Waals surface area contributed by atoms with E-state index in [-0.39, 0.29) is 23.5 Å². The van der Waals surface area contributed by atoms with Crippen LogP contribution in [-0.2, 0) is 6.54 Å². The molecule has 0 unspecified atom stereocenters. The van der Waals surface area contributed by atoms with E-state index in [2.05, 4.69) is 10.4 Å². The molecule has 0 bridgehead atoms. The zero-order valence-electron chi connectivity index (χ0n) is 16.7. The second-order valence-corrected chi connectivity index (χ2v) is 8.21. The summed E-state index contributed by atoms with van der Waals surface area (Å²) in [5.41, 5.74) is 1.87. The number of nitrogens with zero attached hydrogens (tertiary/aromatic N) is 3. The minimum absolute atomic E-state index is 0.0517. The summed E-state index contributed by atoms with van der Waals surface area (Å²) >= 11 is 5.99. The van der Waals surface area contributed by atoms with Gasteiger partial charge < -0.3 is 10.4 Å². The molecule has 9 heteroatoms. The predicted octanol–water partition coefficient (Wildman–Crippen LogP) is 4.69. The maximum atomic E-state index is 12.0. The van der Waals surface area contributed by atoms with Crippen LogP contribution in [0.25, 0.3) is 16.9 Å². The fraction of sp³-hybridized carbons (Fsp3) is 0.238. The molecular formula is C21H21ClN4O4. The molecule has 3 rings (SSSR count). The van der Waals surface area contributed by atoms with Gasteiger partial charge in [-0.3, -0.25) is 10.1 Å². The number of non-ortho nitro benzene ring substituents is 1. The summed E-state index contributed by atoms with van der Waals surface area (Å²) in [5, 5.41) is 29.0. The van der Waals surface area contributed by atoms with Crippen LogP contribution in [-0.4, -0.2) is 31.3 Å². The van der Waals surface area contributed by atoms with Gasteiger partial charge >= 0.3 is 5.97 Å². The van der Waals surface area contributed by atoms with Gasteiger partial charge in [0.1, 0.15) is 0 Å². The maximum Gasteiger partial charge on any atom is 0.356 e. The van der Waals surface area contributed by atoms with Crippen molar-refractivity contribution in [1.82, 2.24) is 15.1 Å². The summed E-state index contributed by atoms with van der Waals surface area (Å²) in [7, 11) is 0. The number of nitro benzene ring substituents is 1. The molecule has 2 aromatic carbocycles. The van der Waals surface area contributed by atoms with Crippen molar-refractivity contribution in [2.75, 3.05) is 0 Å². The van der Waals surface area contributed by atoms with E-state index in [1.54, 1.807) is 36.4 Å². The Bertz CT molecular complexity index is 1080. The lowest BCUT2D eigenvalue weighted by Gasteiger charge is -2.21. The van der Waals surface area contributed by atoms with Gasteiger partial charge in [0.05, 0.1) is 16.3 Å². The first-order valence-corrected chi connectivity index (χ1v) is 9.55. The van der Waals surface area contributed by atoms with E-state index < -0.39 is 10.9 Å². The monoisotopic (exact) mass is 428 g/mol. The van der Waals surface area contributed by atoms with Crippen LogP contribution in [0.5, 0.6) is 0 Å². The largest absolute Gasteiger partial charge is 0.476 e. The molecule has 0 spiro atoms. The van der Waals surface area contributed by atoms with Crippen molar-refractivity contribution >= 4 is 23.3 Å². The van der Waals surface area contributed by atoms with Gasteiger partial charge in [0.15, 0.2) is 5.69 Å². The normalized spacial score (nSPS) is 11.5. The first kappa shape index (κ1) is 21.5. The zero-order valence-corrected chi connectivity index (χ0v) is 17.5. The molecule has 0 fully saturated rings. The number of aromatic nitrogens is 2. The van der Waals surface area contributed by atoms with E-state index in [4.69, 9.17) is 11.6 Å². The number of carboxylic acid groups (broad SMARTS) is 1. The maximum absolute atomic E-state index is 12.0. The van der Waals surface area contributed by atoms with Gasteiger partial charge in [-0.15, -0.1) is 0 Å². The standard InChI is InChI=1S/C21H21ClN4O4/c1-21(2,3)23-12-17-18(20(27)28)24-25(15-10-6-14(22)7-11-15)19(17)13-4-8-16(9-5-13)26(29)30/h4-11,23H,12H2,1-3H3,(H,27,28). The summed E-state index contributed by atoms with van der Waals surface area (Å²) in [6.45, 7) is 6.18. The van der Waals surface area contributed by atoms with Crippen molar-refractivity contribution in [1.29, 1.82) is 0 Å². The van der Waals surface area contributed by atoms with E-state index in [1.807, 2.05) is 20.8 Å². The number of aromatic carboxylic acids is 1. The third kappa shape index (κ3) is 4.67. The summed E-state index contributed by atoms with van der Waals surface area (Å²) in [6.07, 6.45) is 0. The molecule has 0 amide bonds. The molecule has 30 heavy (non-hydrogen) atoms. The summed E-state index contributed by atoms with van der Waals surface area (Å²) < 4.78 is 1.53. The molecule has 8 nitrogen and oxygen atoms in total. The van der Waals surface area contributed by atoms with Crippen LogP contribution in [0.15, 0.2) is 48.5 Å². The fourth-order valence-electron chi connectivity index (χ4n) is 2.95. The molecule has 0 aliphatic heterocycles. The number of rotatable bonds is 6. The highest BCUT2D eigenvalue weighted by Crippen LogP contribution is 2.31. The fourth-order valence-corrected chi connectivity index (χ4v) is 3.08. The van der Waals surface area contributed by atoms with E-state index >= 15 is 0 Å². The smallest absolute Gasteiger partial charge is 0.356 e. The van der Waals surface area contributed by atoms with E-state index in [1.165, 1.54) is 16.8 Å². The van der Waals surface area contributed by atoms with Crippen LogP contribution in [0.1, 0.15) is 36.8 Å². The Morgan fingerprint density at radius 3 is 2.27 bits per heavy atom. The van der Waals surface area contributed by atoms with Crippen LogP contribution < -0.4 is 5.32 Å². The van der Waals surface area contributed by atoms with Gasteiger partial charge in [0.2, 0.25) is 0 Å². The van der Waals surface area contributed by atoms with E-state index in [9.17, 15) is 20.0 Å². The topological polar surface area (TPSA) is 110 Å². The Morgan fingerprint density at radius 1 is 1.17 bits per heavy atom. The van der Waals surface area contributed by atoms with Crippen LogP contribution in [0, 0.1) is 10.1 Å². The van der Waals surface area contributed by atoms with Crippen molar-refractivity contribution in [3.63, 3.8) is 0 Å². The summed E-state index contributed by atoms with van der Waals surface area (Å²) in [6, 6.07) is 12.8. The first-order valence-electron chi connectivity index (χ1n) is 9.18. The van der Waals surface area contributed by atoms with Crippen molar-refractivity contribution in [3.05, 3.63) is 74.9 Å². The summed E-state index contributed by atoms with van der Waals surface area (Å²) in [4.78, 5) is 22.5. The third-order valence-electron chi connectivity index (χ3n) is 4.40. The Hall–Kier alpha value is -3.23. The quantitative estimate of drug-likeness (QED) is 0.435. The van der Waals surface area contributed by atoms with Gasteiger partial charge in [-0.25, -0.2) is 9.48 Å². The molecule has 1 heterocycles. The molecule has 2 N–H and O–H groups in total. The lowest BCUT2D eigenvalue weighted by Crippen LogP contribution is -2.35. The van der Waals surface area contributed by atoms with Crippen LogP contribution in [0.3, 0.4) is 0 Å². The number of benzene rings is 2. The van der Waals surface area contributed by atoms with Gasteiger partial charge in [0, 0.05) is 40.4 Å². The molecule has 0 saturated carbocycles. The van der Waals surface area contributed by atoms with Crippen LogP contribution in [0.2, 0.25) is 5.02 Å². The second-order valence-electron chi connectivity index (χ2n) is 7.78. The third-order valence-corrected chi connectivity index (χ3v) is 4.66. The molecule has 0 aliphatic carbocycles. The Balaban J connectivity index is 2.24. The highest BCUT2D eigenvalue weighted by Gasteiger charge is 2.26. The Labute approximate surface area is 178 Å². The number of halogens is 1. The number of nitrogens with one attached hydrogen (secondary N) is 1. The molecule has 156 valence electrons. The number of hydrogen-bond acceptors (Lipinski definition) is 5. The van der Waals surface area contributed by atoms with Crippen LogP contribution in [0.4, 0.5) is 5.69 Å². The average Bonchev–Trinajstić information content (AvgIpc) is 3.06. The molecule has 0 radical (unpaired) electrons. The van der Waals surface area contributed by atoms with Crippen LogP contribution >= 0.6 is 11.6 Å². The zero-order chi connectivity index (χ0) is 22.1. The number of nitro groups is 1. The lowest BCUT2D eigenvalue weighted by atomic mass is 10.0. The van der Waals surface area contributed by atoms with Gasteiger partial charge in [-0.1, -0.05) is 11.6 Å². The van der Waals surface area contributed by atoms with Crippen molar-refractivity contribution in [2.45, 2.75) is 32.9 Å². The molecule has 0 atom stereocenters. The summed E-state index contributed by atoms with van der Waals surface area (Å²) in [5.74, 6) is -1.16. The van der Waals surface area contributed by atoms with E-state index in [0.717, 1.165) is 0 Å². The minimum atomic E-state index is -1.16. The highest BCUT2D eigenvalue weighted by atomic mass is 35.5. The average molecular weight is 429 g/mol. The van der Waals surface area contributed by atoms with Gasteiger partial charge in [-0.05, 0) is 57.2 Å². The first-order chi connectivity index (χ1) is 14.1. The predicted molar refractivity (Wildman–Crippen MR) is 114 cm³/mol.